The van der Waals surface area contributed by atoms with E-state index in [1.165, 1.54) is 0 Å². The van der Waals surface area contributed by atoms with Crippen molar-refractivity contribution in [1.29, 1.82) is 5.26 Å². The molecule has 5 heteroatoms. The van der Waals surface area contributed by atoms with Gasteiger partial charge in [0, 0.05) is 31.7 Å². The molecule has 0 amide bonds. The second kappa shape index (κ2) is 5.03. The van der Waals surface area contributed by atoms with Crippen molar-refractivity contribution < 1.29 is 4.52 Å². The van der Waals surface area contributed by atoms with Crippen molar-refractivity contribution in [2.24, 2.45) is 0 Å². The fraction of sp³-hybridized carbons (Fsp3) is 0.273. The highest BCUT2D eigenvalue weighted by atomic mass is 16.5. The van der Waals surface area contributed by atoms with Crippen molar-refractivity contribution in [3.05, 3.63) is 41.8 Å². The van der Waals surface area contributed by atoms with Gasteiger partial charge in [0.2, 0.25) is 5.89 Å². The van der Waals surface area contributed by atoms with Gasteiger partial charge in [0.15, 0.2) is 5.82 Å². The van der Waals surface area contributed by atoms with E-state index in [4.69, 9.17) is 9.78 Å². The summed E-state index contributed by atoms with van der Waals surface area (Å²) in [4.78, 5) is 8.13. The Morgan fingerprint density at radius 1 is 1.31 bits per heavy atom. The summed E-state index contributed by atoms with van der Waals surface area (Å²) in [5.74, 6) is 1.16. The van der Waals surface area contributed by atoms with Crippen LogP contribution in [0.1, 0.15) is 23.7 Å². The quantitative estimate of drug-likeness (QED) is 0.771. The number of aryl methyl sites for hydroxylation is 1. The van der Waals surface area contributed by atoms with Crippen LogP contribution in [0.2, 0.25) is 0 Å². The molecule has 0 atom stereocenters. The molecule has 0 aliphatic carbocycles. The summed E-state index contributed by atoms with van der Waals surface area (Å²) in [5.41, 5.74) is 1.09. The summed E-state index contributed by atoms with van der Waals surface area (Å²) < 4.78 is 5.01. The first-order chi connectivity index (χ1) is 7.88. The van der Waals surface area contributed by atoms with Crippen LogP contribution in [0, 0.1) is 11.3 Å². The van der Waals surface area contributed by atoms with Gasteiger partial charge in [0.05, 0.1) is 6.07 Å². The second-order valence-electron chi connectivity index (χ2n) is 3.29. The van der Waals surface area contributed by atoms with Crippen LogP contribution in [0.5, 0.6) is 0 Å². The largest absolute Gasteiger partial charge is 0.339 e. The third-order valence-corrected chi connectivity index (χ3v) is 2.07. The highest BCUT2D eigenvalue weighted by Gasteiger charge is 2.06. The number of nitrogens with zero attached hydrogens (tertiary/aromatic N) is 4. The first-order valence-corrected chi connectivity index (χ1v) is 4.96. The van der Waals surface area contributed by atoms with E-state index in [0.717, 1.165) is 5.56 Å². The topological polar surface area (TPSA) is 75.6 Å². The molecule has 5 nitrogen and oxygen atoms in total. The Bertz CT molecular complexity index is 486. The van der Waals surface area contributed by atoms with Gasteiger partial charge < -0.3 is 4.52 Å². The number of nitriles is 1. The molecule has 0 bridgehead atoms. The number of pyridine rings is 1. The maximum absolute atomic E-state index is 8.42. The Morgan fingerprint density at radius 3 is 2.88 bits per heavy atom. The van der Waals surface area contributed by atoms with Crippen molar-refractivity contribution in [2.45, 2.75) is 19.3 Å². The molecular weight excluding hydrogens is 204 g/mol. The Balaban J connectivity index is 2.01. The van der Waals surface area contributed by atoms with Crippen LogP contribution in [0.25, 0.3) is 0 Å². The van der Waals surface area contributed by atoms with Crippen LogP contribution >= 0.6 is 0 Å². The van der Waals surface area contributed by atoms with Gasteiger partial charge in [-0.15, -0.1) is 0 Å². The molecule has 0 unspecified atom stereocenters. The van der Waals surface area contributed by atoms with E-state index in [1.54, 1.807) is 12.4 Å². The number of hydrogen-bond donors (Lipinski definition) is 0. The van der Waals surface area contributed by atoms with E-state index >= 15 is 0 Å². The van der Waals surface area contributed by atoms with Crippen LogP contribution in [0.3, 0.4) is 0 Å². The van der Waals surface area contributed by atoms with Crippen molar-refractivity contribution >= 4 is 0 Å². The Labute approximate surface area is 92.7 Å². The Morgan fingerprint density at radius 2 is 2.12 bits per heavy atom. The lowest BCUT2D eigenvalue weighted by Crippen LogP contribution is -1.91. The molecule has 2 aromatic heterocycles. The highest BCUT2D eigenvalue weighted by molar-refractivity contribution is 5.14. The van der Waals surface area contributed by atoms with Crippen molar-refractivity contribution in [3.63, 3.8) is 0 Å². The predicted octanol–water partition coefficient (Wildman–Crippen LogP) is 1.51. The third-order valence-electron chi connectivity index (χ3n) is 2.07. The number of rotatable bonds is 4. The average Bonchev–Trinajstić information content (AvgIpc) is 2.75. The van der Waals surface area contributed by atoms with Crippen LogP contribution in [-0.4, -0.2) is 15.1 Å². The summed E-state index contributed by atoms with van der Waals surface area (Å²) in [5, 5.41) is 12.3. The van der Waals surface area contributed by atoms with Crippen LogP contribution in [0.4, 0.5) is 0 Å². The molecule has 0 saturated carbocycles. The third kappa shape index (κ3) is 2.64. The number of hydrogen-bond acceptors (Lipinski definition) is 5. The van der Waals surface area contributed by atoms with Gasteiger partial charge in [0.1, 0.15) is 0 Å². The lowest BCUT2D eigenvalue weighted by Gasteiger charge is -1.93. The summed E-state index contributed by atoms with van der Waals surface area (Å²) >= 11 is 0. The van der Waals surface area contributed by atoms with Gasteiger partial charge in [-0.1, -0.05) is 5.16 Å². The van der Waals surface area contributed by atoms with Gasteiger partial charge in [0.25, 0.3) is 0 Å². The molecule has 16 heavy (non-hydrogen) atoms. The van der Waals surface area contributed by atoms with Crippen molar-refractivity contribution in [1.82, 2.24) is 15.1 Å². The molecule has 0 aromatic carbocycles. The number of aromatic nitrogens is 3. The standard InChI is InChI=1S/C11H10N4O/c12-5-1-2-11-14-10(15-16-11)8-9-3-6-13-7-4-9/h3-4,6-7H,1-2,8H2. The zero-order valence-electron chi connectivity index (χ0n) is 8.63. The zero-order chi connectivity index (χ0) is 11.2. The van der Waals surface area contributed by atoms with Gasteiger partial charge in [-0.2, -0.15) is 10.2 Å². The SMILES string of the molecule is N#CCCc1nc(Cc2ccncc2)no1. The fourth-order valence-electron chi connectivity index (χ4n) is 1.31. The molecular formula is C11H10N4O. The van der Waals surface area contributed by atoms with E-state index in [2.05, 4.69) is 15.1 Å². The highest BCUT2D eigenvalue weighted by Crippen LogP contribution is 2.06. The Kier molecular flexibility index (Phi) is 3.24. The summed E-state index contributed by atoms with van der Waals surface area (Å²) in [6, 6.07) is 5.86. The van der Waals surface area contributed by atoms with Gasteiger partial charge in [-0.05, 0) is 17.7 Å². The monoisotopic (exact) mass is 214 g/mol. The molecule has 0 aliphatic rings. The van der Waals surface area contributed by atoms with E-state index in [1.807, 2.05) is 18.2 Å². The molecule has 0 N–H and O–H groups in total. The second-order valence-corrected chi connectivity index (χ2v) is 3.29. The van der Waals surface area contributed by atoms with Gasteiger partial charge >= 0.3 is 0 Å². The zero-order valence-corrected chi connectivity index (χ0v) is 8.63. The van der Waals surface area contributed by atoms with E-state index in [0.29, 0.717) is 31.0 Å². The fourth-order valence-corrected chi connectivity index (χ4v) is 1.31. The maximum Gasteiger partial charge on any atom is 0.227 e. The summed E-state index contributed by atoms with van der Waals surface area (Å²) in [6.45, 7) is 0. The van der Waals surface area contributed by atoms with Crippen LogP contribution in [0.15, 0.2) is 29.0 Å². The van der Waals surface area contributed by atoms with E-state index in [-0.39, 0.29) is 0 Å². The van der Waals surface area contributed by atoms with Crippen LogP contribution in [-0.2, 0) is 12.8 Å². The lowest BCUT2D eigenvalue weighted by atomic mass is 10.2. The molecule has 2 aromatic rings. The molecule has 0 fully saturated rings. The molecule has 0 radical (unpaired) electrons. The smallest absolute Gasteiger partial charge is 0.227 e. The van der Waals surface area contributed by atoms with Crippen molar-refractivity contribution in [3.8, 4) is 6.07 Å². The minimum Gasteiger partial charge on any atom is -0.339 e. The first-order valence-electron chi connectivity index (χ1n) is 4.96. The molecule has 0 spiro atoms. The van der Waals surface area contributed by atoms with E-state index < -0.39 is 0 Å². The molecule has 2 heterocycles. The van der Waals surface area contributed by atoms with Gasteiger partial charge in [-0.3, -0.25) is 4.98 Å². The first kappa shape index (κ1) is 10.3. The molecule has 0 aliphatic heterocycles. The summed E-state index contributed by atoms with van der Waals surface area (Å²) in [6.07, 6.45) is 4.99. The molecule has 2 rings (SSSR count). The average molecular weight is 214 g/mol. The Hall–Kier alpha value is -2.22. The van der Waals surface area contributed by atoms with Gasteiger partial charge in [-0.25, -0.2) is 0 Å². The predicted molar refractivity (Wildman–Crippen MR) is 55.3 cm³/mol. The molecule has 80 valence electrons. The molecule has 0 saturated heterocycles. The van der Waals surface area contributed by atoms with Crippen LogP contribution < -0.4 is 0 Å². The maximum atomic E-state index is 8.42. The van der Waals surface area contributed by atoms with Crippen molar-refractivity contribution in [2.75, 3.05) is 0 Å². The van der Waals surface area contributed by atoms with E-state index in [9.17, 15) is 0 Å². The summed E-state index contributed by atoms with van der Waals surface area (Å²) in [7, 11) is 0. The minimum absolute atomic E-state index is 0.400. The minimum atomic E-state index is 0.400. The lowest BCUT2D eigenvalue weighted by molar-refractivity contribution is 0.375. The normalized spacial score (nSPS) is 9.94.